The number of aldehydes is 1. The predicted molar refractivity (Wildman–Crippen MR) is 66.4 cm³/mol. The van der Waals surface area contributed by atoms with Crippen LogP contribution in [0.15, 0.2) is 0 Å². The molecule has 0 aromatic carbocycles. The largest absolute Gasteiger partial charge is 0.375 e. The normalized spacial score (nSPS) is 32.3. The molecule has 0 aliphatic heterocycles. The molecule has 4 atom stereocenters. The van der Waals surface area contributed by atoms with Crippen LogP contribution in [-0.4, -0.2) is 18.5 Å². The van der Waals surface area contributed by atoms with Crippen molar-refractivity contribution in [2.45, 2.75) is 71.5 Å². The highest BCUT2D eigenvalue weighted by atomic mass is 16.5. The number of carbonyl (C=O) groups excluding carboxylic acids is 1. The first kappa shape index (κ1) is 13.7. The van der Waals surface area contributed by atoms with Crippen LogP contribution in [0.5, 0.6) is 0 Å². The van der Waals surface area contributed by atoms with E-state index in [0.717, 1.165) is 31.5 Å². The maximum atomic E-state index is 10.4. The summed E-state index contributed by atoms with van der Waals surface area (Å²) in [6.45, 7) is 6.63. The van der Waals surface area contributed by atoms with Crippen LogP contribution in [-0.2, 0) is 9.53 Å². The van der Waals surface area contributed by atoms with Crippen LogP contribution in [0.4, 0.5) is 0 Å². The van der Waals surface area contributed by atoms with Crippen molar-refractivity contribution in [1.29, 1.82) is 0 Å². The molecule has 0 saturated heterocycles. The smallest absolute Gasteiger partial charge is 0.120 e. The average Bonchev–Trinajstić information content (AvgIpc) is 2.28. The van der Waals surface area contributed by atoms with Crippen LogP contribution in [0.3, 0.4) is 0 Å². The Balaban J connectivity index is 2.30. The molecule has 1 aliphatic carbocycles. The van der Waals surface area contributed by atoms with Crippen LogP contribution < -0.4 is 0 Å². The zero-order valence-electron chi connectivity index (χ0n) is 10.9. The summed E-state index contributed by atoms with van der Waals surface area (Å²) in [7, 11) is 0. The third-order valence-corrected chi connectivity index (χ3v) is 3.95. The highest BCUT2D eigenvalue weighted by Gasteiger charge is 2.28. The summed E-state index contributed by atoms with van der Waals surface area (Å²) in [6.07, 6.45) is 8.38. The SMILES string of the molecule is CCC(C)OC1CCC(CCC=O)C(C)C1. The van der Waals surface area contributed by atoms with Gasteiger partial charge in [-0.25, -0.2) is 0 Å². The molecule has 0 amide bonds. The second-order valence-corrected chi connectivity index (χ2v) is 5.27. The molecule has 0 spiro atoms. The van der Waals surface area contributed by atoms with Crippen molar-refractivity contribution < 1.29 is 9.53 Å². The molecule has 2 nitrogen and oxygen atoms in total. The molecule has 0 aromatic rings. The van der Waals surface area contributed by atoms with Crippen molar-refractivity contribution in [1.82, 2.24) is 0 Å². The Morgan fingerprint density at radius 1 is 1.44 bits per heavy atom. The molecule has 0 N–H and O–H groups in total. The molecular weight excluding hydrogens is 200 g/mol. The summed E-state index contributed by atoms with van der Waals surface area (Å²) >= 11 is 0. The van der Waals surface area contributed by atoms with E-state index < -0.39 is 0 Å². The van der Waals surface area contributed by atoms with Crippen LogP contribution in [0.1, 0.15) is 59.3 Å². The summed E-state index contributed by atoms with van der Waals surface area (Å²) in [5, 5.41) is 0. The summed E-state index contributed by atoms with van der Waals surface area (Å²) in [4.78, 5) is 10.4. The maximum Gasteiger partial charge on any atom is 0.120 e. The van der Waals surface area contributed by atoms with E-state index in [1.165, 1.54) is 19.3 Å². The van der Waals surface area contributed by atoms with Crippen LogP contribution in [0.2, 0.25) is 0 Å². The van der Waals surface area contributed by atoms with E-state index in [9.17, 15) is 4.79 Å². The highest BCUT2D eigenvalue weighted by Crippen LogP contribution is 2.34. The summed E-state index contributed by atoms with van der Waals surface area (Å²) in [6, 6.07) is 0. The fourth-order valence-corrected chi connectivity index (χ4v) is 2.67. The Labute approximate surface area is 99.8 Å². The molecule has 4 unspecified atom stereocenters. The van der Waals surface area contributed by atoms with Crippen LogP contribution in [0.25, 0.3) is 0 Å². The Kier molecular flexibility index (Phi) is 6.04. The molecule has 0 bridgehead atoms. The molecule has 0 radical (unpaired) electrons. The fraction of sp³-hybridized carbons (Fsp3) is 0.929. The first-order valence-corrected chi connectivity index (χ1v) is 6.76. The van der Waals surface area contributed by atoms with Crippen LogP contribution in [0, 0.1) is 11.8 Å². The van der Waals surface area contributed by atoms with Gasteiger partial charge in [-0.1, -0.05) is 13.8 Å². The first-order chi connectivity index (χ1) is 7.67. The lowest BCUT2D eigenvalue weighted by atomic mass is 9.77. The maximum absolute atomic E-state index is 10.4. The lowest BCUT2D eigenvalue weighted by Gasteiger charge is -2.35. The third kappa shape index (κ3) is 4.25. The van der Waals surface area contributed by atoms with E-state index in [0.29, 0.717) is 18.1 Å². The molecule has 1 aliphatic rings. The minimum Gasteiger partial charge on any atom is -0.375 e. The van der Waals surface area contributed by atoms with Gasteiger partial charge in [-0.3, -0.25) is 0 Å². The highest BCUT2D eigenvalue weighted by molar-refractivity contribution is 5.49. The average molecular weight is 226 g/mol. The topological polar surface area (TPSA) is 26.3 Å². The van der Waals surface area contributed by atoms with Crippen molar-refractivity contribution in [3.05, 3.63) is 0 Å². The van der Waals surface area contributed by atoms with Gasteiger partial charge < -0.3 is 9.53 Å². The van der Waals surface area contributed by atoms with Gasteiger partial charge in [-0.2, -0.15) is 0 Å². The second kappa shape index (κ2) is 7.05. The fourth-order valence-electron chi connectivity index (χ4n) is 2.67. The summed E-state index contributed by atoms with van der Waals surface area (Å²) in [5.41, 5.74) is 0. The molecular formula is C14H26O2. The van der Waals surface area contributed by atoms with Crippen molar-refractivity contribution >= 4 is 6.29 Å². The van der Waals surface area contributed by atoms with Crippen molar-refractivity contribution in [2.24, 2.45) is 11.8 Å². The van der Waals surface area contributed by atoms with E-state index in [1.54, 1.807) is 0 Å². The van der Waals surface area contributed by atoms with Crippen molar-refractivity contribution in [2.75, 3.05) is 0 Å². The monoisotopic (exact) mass is 226 g/mol. The van der Waals surface area contributed by atoms with Gasteiger partial charge >= 0.3 is 0 Å². The minimum absolute atomic E-state index is 0.392. The quantitative estimate of drug-likeness (QED) is 0.647. The van der Waals surface area contributed by atoms with E-state index >= 15 is 0 Å². The standard InChI is InChI=1S/C14H26O2/c1-4-12(3)16-14-8-7-13(6-5-9-15)11(2)10-14/h9,11-14H,4-8,10H2,1-3H3. The first-order valence-electron chi connectivity index (χ1n) is 6.76. The molecule has 0 heterocycles. The molecule has 94 valence electrons. The molecule has 1 saturated carbocycles. The van der Waals surface area contributed by atoms with Gasteiger partial charge in [0.05, 0.1) is 12.2 Å². The zero-order valence-corrected chi connectivity index (χ0v) is 10.9. The molecule has 0 aromatic heterocycles. The summed E-state index contributed by atoms with van der Waals surface area (Å²) < 4.78 is 5.99. The Morgan fingerprint density at radius 3 is 2.75 bits per heavy atom. The number of rotatable bonds is 6. The molecule has 1 fully saturated rings. The Bertz CT molecular complexity index is 203. The molecule has 1 rings (SSSR count). The Hall–Kier alpha value is -0.370. The van der Waals surface area contributed by atoms with Gasteiger partial charge in [0.2, 0.25) is 0 Å². The number of carbonyl (C=O) groups is 1. The van der Waals surface area contributed by atoms with Crippen molar-refractivity contribution in [3.63, 3.8) is 0 Å². The third-order valence-electron chi connectivity index (χ3n) is 3.95. The zero-order chi connectivity index (χ0) is 12.0. The number of hydrogen-bond donors (Lipinski definition) is 0. The van der Waals surface area contributed by atoms with E-state index in [4.69, 9.17) is 4.74 Å². The lowest BCUT2D eigenvalue weighted by Crippen LogP contribution is -2.30. The van der Waals surface area contributed by atoms with Gasteiger partial charge in [0.15, 0.2) is 0 Å². The Morgan fingerprint density at radius 2 is 2.19 bits per heavy atom. The lowest BCUT2D eigenvalue weighted by molar-refractivity contribution is -0.108. The van der Waals surface area contributed by atoms with Gasteiger partial charge in [0, 0.05) is 6.42 Å². The predicted octanol–water partition coefficient (Wildman–Crippen LogP) is 3.59. The second-order valence-electron chi connectivity index (χ2n) is 5.27. The number of hydrogen-bond acceptors (Lipinski definition) is 2. The van der Waals surface area contributed by atoms with E-state index in [1.807, 2.05) is 0 Å². The minimum atomic E-state index is 0.392. The van der Waals surface area contributed by atoms with E-state index in [2.05, 4.69) is 20.8 Å². The van der Waals surface area contributed by atoms with E-state index in [-0.39, 0.29) is 0 Å². The van der Waals surface area contributed by atoms with Gasteiger partial charge in [0.1, 0.15) is 6.29 Å². The van der Waals surface area contributed by atoms with Gasteiger partial charge in [0.25, 0.3) is 0 Å². The molecule has 16 heavy (non-hydrogen) atoms. The summed E-state index contributed by atoms with van der Waals surface area (Å²) in [5.74, 6) is 1.45. The van der Waals surface area contributed by atoms with Gasteiger partial charge in [-0.05, 0) is 50.9 Å². The van der Waals surface area contributed by atoms with Crippen LogP contribution >= 0.6 is 0 Å². The number of ether oxygens (including phenoxy) is 1. The van der Waals surface area contributed by atoms with Crippen molar-refractivity contribution in [3.8, 4) is 0 Å². The molecule has 2 heteroatoms. The van der Waals surface area contributed by atoms with Gasteiger partial charge in [-0.15, -0.1) is 0 Å².